The third-order valence-electron chi connectivity index (χ3n) is 3.70. The lowest BCUT2D eigenvalue weighted by Gasteiger charge is -2.28. The molecule has 2 rings (SSSR count). The van der Waals surface area contributed by atoms with Crippen molar-refractivity contribution in [2.24, 2.45) is 5.73 Å². The molecule has 1 aromatic heterocycles. The molecular formula is C13H23N3S. The Labute approximate surface area is 108 Å². The van der Waals surface area contributed by atoms with Gasteiger partial charge in [0.15, 0.2) is 0 Å². The van der Waals surface area contributed by atoms with Crippen molar-refractivity contribution >= 4 is 11.3 Å². The van der Waals surface area contributed by atoms with E-state index in [2.05, 4.69) is 31.2 Å². The van der Waals surface area contributed by atoms with Crippen LogP contribution < -0.4 is 5.73 Å². The standard InChI is InChI=1S/C13H23N3S/c1-13(2,9-14)11-8-17-12(15-11)10-5-4-6-16(3)7-10/h8,10H,4-7,9,14H2,1-3H3. The van der Waals surface area contributed by atoms with Crippen molar-refractivity contribution < 1.29 is 0 Å². The van der Waals surface area contributed by atoms with Crippen LogP contribution in [0.5, 0.6) is 0 Å². The fourth-order valence-electron chi connectivity index (χ4n) is 2.26. The van der Waals surface area contributed by atoms with Gasteiger partial charge in [0, 0.05) is 29.8 Å². The van der Waals surface area contributed by atoms with Crippen molar-refractivity contribution in [3.8, 4) is 0 Å². The summed E-state index contributed by atoms with van der Waals surface area (Å²) in [5.41, 5.74) is 6.97. The third kappa shape index (κ3) is 2.87. The molecule has 1 unspecified atom stereocenters. The molecule has 1 fully saturated rings. The summed E-state index contributed by atoms with van der Waals surface area (Å²) in [5.74, 6) is 0.626. The molecule has 0 aromatic carbocycles. The average Bonchev–Trinajstić information content (AvgIpc) is 2.79. The molecule has 4 heteroatoms. The van der Waals surface area contributed by atoms with Gasteiger partial charge in [-0.3, -0.25) is 0 Å². The van der Waals surface area contributed by atoms with E-state index in [1.54, 1.807) is 0 Å². The van der Waals surface area contributed by atoms with E-state index >= 15 is 0 Å². The maximum Gasteiger partial charge on any atom is 0.0972 e. The number of aromatic nitrogens is 1. The summed E-state index contributed by atoms with van der Waals surface area (Å²) in [6.45, 7) is 7.36. The van der Waals surface area contributed by atoms with Crippen molar-refractivity contribution in [3.05, 3.63) is 16.1 Å². The minimum absolute atomic E-state index is 0.00924. The number of nitrogens with two attached hydrogens (primary N) is 1. The fourth-order valence-corrected chi connectivity index (χ4v) is 3.40. The molecule has 96 valence electrons. The summed E-state index contributed by atoms with van der Waals surface area (Å²) >= 11 is 1.81. The molecule has 1 atom stereocenters. The van der Waals surface area contributed by atoms with Crippen LogP contribution in [0.1, 0.15) is 43.3 Å². The second-order valence-corrected chi connectivity index (χ2v) is 6.65. The van der Waals surface area contributed by atoms with E-state index in [1.807, 2.05) is 11.3 Å². The third-order valence-corrected chi connectivity index (χ3v) is 4.71. The number of piperidine rings is 1. The maximum absolute atomic E-state index is 5.80. The van der Waals surface area contributed by atoms with Crippen LogP contribution in [0.4, 0.5) is 0 Å². The molecule has 3 nitrogen and oxygen atoms in total. The average molecular weight is 253 g/mol. The minimum Gasteiger partial charge on any atom is -0.330 e. The zero-order valence-electron chi connectivity index (χ0n) is 11.1. The van der Waals surface area contributed by atoms with E-state index < -0.39 is 0 Å². The maximum atomic E-state index is 5.80. The Morgan fingerprint density at radius 2 is 2.35 bits per heavy atom. The molecule has 1 aromatic rings. The highest BCUT2D eigenvalue weighted by molar-refractivity contribution is 7.09. The van der Waals surface area contributed by atoms with Gasteiger partial charge in [0.2, 0.25) is 0 Å². The first kappa shape index (κ1) is 13.0. The summed E-state index contributed by atoms with van der Waals surface area (Å²) in [7, 11) is 2.20. The Balaban J connectivity index is 2.12. The number of likely N-dealkylation sites (tertiary alicyclic amines) is 1. The van der Waals surface area contributed by atoms with Crippen molar-refractivity contribution in [2.75, 3.05) is 26.7 Å². The second kappa shape index (κ2) is 5.04. The molecule has 1 aliphatic rings. The smallest absolute Gasteiger partial charge is 0.0972 e. The van der Waals surface area contributed by atoms with Crippen molar-refractivity contribution in [1.29, 1.82) is 0 Å². The first-order chi connectivity index (χ1) is 8.03. The van der Waals surface area contributed by atoms with Crippen LogP contribution in [0.25, 0.3) is 0 Å². The number of likely N-dealkylation sites (N-methyl/N-ethyl adjacent to an activating group) is 1. The number of thiazole rings is 1. The molecule has 0 aliphatic carbocycles. The number of rotatable bonds is 3. The summed E-state index contributed by atoms with van der Waals surface area (Å²) in [5, 5.41) is 3.49. The Hall–Kier alpha value is -0.450. The van der Waals surface area contributed by atoms with Crippen molar-refractivity contribution in [3.63, 3.8) is 0 Å². The monoisotopic (exact) mass is 253 g/mol. The van der Waals surface area contributed by atoms with E-state index in [-0.39, 0.29) is 5.41 Å². The van der Waals surface area contributed by atoms with Gasteiger partial charge in [-0.15, -0.1) is 11.3 Å². The van der Waals surface area contributed by atoms with Gasteiger partial charge in [-0.25, -0.2) is 4.98 Å². The summed E-state index contributed by atoms with van der Waals surface area (Å²) in [4.78, 5) is 7.23. The predicted molar refractivity (Wildman–Crippen MR) is 73.7 cm³/mol. The zero-order valence-corrected chi connectivity index (χ0v) is 11.9. The number of nitrogens with zero attached hydrogens (tertiary/aromatic N) is 2. The van der Waals surface area contributed by atoms with Gasteiger partial charge in [0.1, 0.15) is 0 Å². The Morgan fingerprint density at radius 3 is 3.00 bits per heavy atom. The lowest BCUT2D eigenvalue weighted by atomic mass is 9.90. The van der Waals surface area contributed by atoms with Gasteiger partial charge in [0.25, 0.3) is 0 Å². The highest BCUT2D eigenvalue weighted by Gasteiger charge is 2.26. The largest absolute Gasteiger partial charge is 0.330 e. The first-order valence-electron chi connectivity index (χ1n) is 6.37. The van der Waals surface area contributed by atoms with Crippen LogP contribution in [-0.2, 0) is 5.41 Å². The van der Waals surface area contributed by atoms with Crippen LogP contribution in [0.3, 0.4) is 0 Å². The number of hydrogen-bond acceptors (Lipinski definition) is 4. The molecule has 0 spiro atoms. The summed E-state index contributed by atoms with van der Waals surface area (Å²) in [6.07, 6.45) is 2.57. The van der Waals surface area contributed by atoms with Gasteiger partial charge in [0.05, 0.1) is 10.7 Å². The van der Waals surface area contributed by atoms with E-state index in [4.69, 9.17) is 10.7 Å². The van der Waals surface area contributed by atoms with Crippen LogP contribution in [0, 0.1) is 0 Å². The van der Waals surface area contributed by atoms with Crippen molar-refractivity contribution in [1.82, 2.24) is 9.88 Å². The van der Waals surface area contributed by atoms with Crippen molar-refractivity contribution in [2.45, 2.75) is 38.0 Å². The molecule has 0 radical (unpaired) electrons. The van der Waals surface area contributed by atoms with Gasteiger partial charge in [-0.1, -0.05) is 13.8 Å². The van der Waals surface area contributed by atoms with E-state index in [1.165, 1.54) is 24.4 Å². The minimum atomic E-state index is 0.00924. The van der Waals surface area contributed by atoms with Gasteiger partial charge in [-0.05, 0) is 26.4 Å². The highest BCUT2D eigenvalue weighted by Crippen LogP contribution is 2.31. The topological polar surface area (TPSA) is 42.2 Å². The van der Waals surface area contributed by atoms with Crippen LogP contribution >= 0.6 is 11.3 Å². The predicted octanol–water partition coefficient (Wildman–Crippen LogP) is 2.19. The first-order valence-corrected chi connectivity index (χ1v) is 7.25. The van der Waals surface area contributed by atoms with Crippen LogP contribution in [0.15, 0.2) is 5.38 Å². The SMILES string of the molecule is CN1CCCC(c2nc(C(C)(C)CN)cs2)C1. The van der Waals surface area contributed by atoms with E-state index in [0.29, 0.717) is 12.5 Å². The Kier molecular flexibility index (Phi) is 3.85. The molecule has 0 bridgehead atoms. The molecule has 17 heavy (non-hydrogen) atoms. The highest BCUT2D eigenvalue weighted by atomic mass is 32.1. The quantitative estimate of drug-likeness (QED) is 0.898. The van der Waals surface area contributed by atoms with Crippen LogP contribution in [0.2, 0.25) is 0 Å². The zero-order chi connectivity index (χ0) is 12.5. The molecule has 1 aliphatic heterocycles. The van der Waals surface area contributed by atoms with Gasteiger partial charge < -0.3 is 10.6 Å². The van der Waals surface area contributed by atoms with Gasteiger partial charge >= 0.3 is 0 Å². The normalized spacial score (nSPS) is 22.9. The molecule has 2 N–H and O–H groups in total. The Bertz CT molecular complexity index is 372. The molecular weight excluding hydrogens is 230 g/mol. The second-order valence-electron chi connectivity index (χ2n) is 5.76. The Morgan fingerprint density at radius 1 is 1.59 bits per heavy atom. The molecule has 2 heterocycles. The summed E-state index contributed by atoms with van der Waals surface area (Å²) < 4.78 is 0. The van der Waals surface area contributed by atoms with Gasteiger partial charge in [-0.2, -0.15) is 0 Å². The molecule has 1 saturated heterocycles. The fraction of sp³-hybridized carbons (Fsp3) is 0.769. The lowest BCUT2D eigenvalue weighted by molar-refractivity contribution is 0.250. The lowest BCUT2D eigenvalue weighted by Crippen LogP contribution is -2.31. The molecule has 0 saturated carbocycles. The molecule has 0 amide bonds. The van der Waals surface area contributed by atoms with E-state index in [0.717, 1.165) is 12.2 Å². The summed E-state index contributed by atoms with van der Waals surface area (Å²) in [6, 6.07) is 0. The number of hydrogen-bond donors (Lipinski definition) is 1. The van der Waals surface area contributed by atoms with E-state index in [9.17, 15) is 0 Å². The van der Waals surface area contributed by atoms with Crippen LogP contribution in [-0.4, -0.2) is 36.6 Å².